The van der Waals surface area contributed by atoms with Crippen LogP contribution in [0.2, 0.25) is 0 Å². The minimum absolute atomic E-state index is 0.117. The van der Waals surface area contributed by atoms with Gasteiger partial charge in [-0.25, -0.2) is 14.4 Å². The number of esters is 6. The molecule has 2 aliphatic rings. The Bertz CT molecular complexity index is 1820. The van der Waals surface area contributed by atoms with Crippen molar-refractivity contribution in [2.75, 3.05) is 13.7 Å². The Morgan fingerprint density at radius 3 is 1.39 bits per heavy atom. The first-order valence-electron chi connectivity index (χ1n) is 17.6. The van der Waals surface area contributed by atoms with Crippen molar-refractivity contribution < 1.29 is 76.1 Å². The first kappa shape index (κ1) is 41.5. The first-order valence-corrected chi connectivity index (χ1v) is 17.6. The summed E-state index contributed by atoms with van der Waals surface area (Å²) < 4.78 is 58.8. The molecule has 0 spiro atoms. The van der Waals surface area contributed by atoms with Crippen molar-refractivity contribution in [2.45, 2.75) is 89.1 Å². The highest BCUT2D eigenvalue weighted by Crippen LogP contribution is 2.36. The number of methoxy groups -OCH3 is 1. The highest BCUT2D eigenvalue weighted by molar-refractivity contribution is 5.90. The lowest BCUT2D eigenvalue weighted by Crippen LogP contribution is -2.66. The van der Waals surface area contributed by atoms with E-state index < -0.39 is 104 Å². The molecule has 16 nitrogen and oxygen atoms in total. The van der Waals surface area contributed by atoms with Crippen LogP contribution in [0.1, 0.15) is 58.8 Å². The highest BCUT2D eigenvalue weighted by atomic mass is 16.8. The minimum Gasteiger partial charge on any atom is -0.459 e. The van der Waals surface area contributed by atoms with Gasteiger partial charge in [0.25, 0.3) is 0 Å². The molecule has 2 saturated heterocycles. The maximum Gasteiger partial charge on any atom is 0.338 e. The molecular weight excluding hydrogens is 736 g/mol. The van der Waals surface area contributed by atoms with Crippen molar-refractivity contribution >= 4 is 35.8 Å². The third kappa shape index (κ3) is 10.5. The molecule has 0 radical (unpaired) electrons. The molecule has 0 aliphatic carbocycles. The van der Waals surface area contributed by atoms with Gasteiger partial charge in [0.05, 0.1) is 22.8 Å². The maximum atomic E-state index is 13.8. The normalized spacial score (nSPS) is 27.2. The number of rotatable bonds is 13. The van der Waals surface area contributed by atoms with Crippen LogP contribution in [0, 0.1) is 0 Å². The van der Waals surface area contributed by atoms with E-state index >= 15 is 0 Å². The second kappa shape index (κ2) is 19.3. The van der Waals surface area contributed by atoms with Gasteiger partial charge in [0.15, 0.2) is 43.1 Å². The fourth-order valence-corrected chi connectivity index (χ4v) is 6.21. The molecule has 0 aromatic heterocycles. The van der Waals surface area contributed by atoms with E-state index in [-0.39, 0.29) is 16.7 Å². The summed E-state index contributed by atoms with van der Waals surface area (Å²) in [5, 5.41) is 0. The van der Waals surface area contributed by atoms with E-state index in [1.54, 1.807) is 54.6 Å². The van der Waals surface area contributed by atoms with E-state index in [2.05, 4.69) is 0 Å². The molecular formula is C40H42O16. The summed E-state index contributed by atoms with van der Waals surface area (Å²) >= 11 is 0. The molecule has 0 N–H and O–H groups in total. The fraction of sp³-hybridized carbons (Fsp3) is 0.400. The van der Waals surface area contributed by atoms with Crippen LogP contribution < -0.4 is 0 Å². The average molecular weight is 779 g/mol. The number of carbonyl (C=O) groups is 6. The Morgan fingerprint density at radius 2 is 0.911 bits per heavy atom. The van der Waals surface area contributed by atoms with Gasteiger partial charge < -0.3 is 47.4 Å². The van der Waals surface area contributed by atoms with Crippen LogP contribution in [0.4, 0.5) is 0 Å². The lowest BCUT2D eigenvalue weighted by atomic mass is 9.96. The van der Waals surface area contributed by atoms with Crippen molar-refractivity contribution in [1.29, 1.82) is 0 Å². The minimum atomic E-state index is -1.66. The lowest BCUT2D eigenvalue weighted by Gasteiger charge is -2.48. The Morgan fingerprint density at radius 1 is 0.500 bits per heavy atom. The zero-order chi connectivity index (χ0) is 40.4. The SMILES string of the molecule is CO[C@H]1O[C@H](COC(=O)c2ccccc2)[C@@H](O[C@@H]2O[C@@H](C)[C@H](OC(C)=O)[C@@H](OC(C)=O)[C@H]2OC(C)=O)[C@H](OC(=O)c2ccccc2)[C@H]1OC(=O)c1ccccc1. The second-order valence-corrected chi connectivity index (χ2v) is 12.7. The van der Waals surface area contributed by atoms with Gasteiger partial charge in [-0.15, -0.1) is 0 Å². The molecule has 0 amide bonds. The topological polar surface area (TPSA) is 195 Å². The molecule has 0 saturated carbocycles. The fourth-order valence-electron chi connectivity index (χ4n) is 6.21. The number of hydrogen-bond acceptors (Lipinski definition) is 16. The first-order chi connectivity index (χ1) is 26.9. The zero-order valence-corrected chi connectivity index (χ0v) is 31.2. The van der Waals surface area contributed by atoms with E-state index in [0.29, 0.717) is 0 Å². The molecule has 56 heavy (non-hydrogen) atoms. The molecule has 10 atom stereocenters. The zero-order valence-electron chi connectivity index (χ0n) is 31.2. The van der Waals surface area contributed by atoms with Crippen molar-refractivity contribution in [1.82, 2.24) is 0 Å². The third-order valence-corrected chi connectivity index (χ3v) is 8.64. The van der Waals surface area contributed by atoms with Gasteiger partial charge in [-0.3, -0.25) is 14.4 Å². The number of benzene rings is 3. The van der Waals surface area contributed by atoms with Crippen LogP contribution in [-0.4, -0.2) is 111 Å². The van der Waals surface area contributed by atoms with Crippen molar-refractivity contribution in [3.63, 3.8) is 0 Å². The van der Waals surface area contributed by atoms with Gasteiger partial charge in [-0.1, -0.05) is 54.6 Å². The molecule has 3 aromatic rings. The molecule has 298 valence electrons. The van der Waals surface area contributed by atoms with Crippen LogP contribution >= 0.6 is 0 Å². The van der Waals surface area contributed by atoms with Gasteiger partial charge in [0, 0.05) is 27.9 Å². The summed E-state index contributed by atoms with van der Waals surface area (Å²) in [7, 11) is 1.26. The molecule has 0 bridgehead atoms. The van der Waals surface area contributed by atoms with Crippen LogP contribution in [0.25, 0.3) is 0 Å². The highest BCUT2D eigenvalue weighted by Gasteiger charge is 2.57. The molecule has 2 fully saturated rings. The summed E-state index contributed by atoms with van der Waals surface area (Å²) in [5.74, 6) is -4.86. The van der Waals surface area contributed by atoms with Crippen LogP contribution in [0.3, 0.4) is 0 Å². The Hall–Kier alpha value is -5.68. The molecule has 2 heterocycles. The summed E-state index contributed by atoms with van der Waals surface area (Å²) in [6.07, 6.45) is -14.5. The number of ether oxygens (including phenoxy) is 10. The van der Waals surface area contributed by atoms with E-state index in [1.807, 2.05) is 0 Å². The largest absolute Gasteiger partial charge is 0.459 e. The molecule has 5 rings (SSSR count). The van der Waals surface area contributed by atoms with Gasteiger partial charge in [-0.05, 0) is 43.3 Å². The second-order valence-electron chi connectivity index (χ2n) is 12.7. The summed E-state index contributed by atoms with van der Waals surface area (Å²) in [4.78, 5) is 77.5. The van der Waals surface area contributed by atoms with Gasteiger partial charge in [0.2, 0.25) is 0 Å². The lowest BCUT2D eigenvalue weighted by molar-refractivity contribution is -0.354. The average Bonchev–Trinajstić information content (AvgIpc) is 3.18. The van der Waals surface area contributed by atoms with E-state index in [1.165, 1.54) is 50.4 Å². The van der Waals surface area contributed by atoms with E-state index in [4.69, 9.17) is 47.4 Å². The van der Waals surface area contributed by atoms with Gasteiger partial charge >= 0.3 is 35.8 Å². The Kier molecular flexibility index (Phi) is 14.3. The van der Waals surface area contributed by atoms with E-state index in [0.717, 1.165) is 20.8 Å². The van der Waals surface area contributed by atoms with Crippen LogP contribution in [-0.2, 0) is 61.8 Å². The van der Waals surface area contributed by atoms with E-state index in [9.17, 15) is 28.8 Å². The Labute approximate surface area is 322 Å². The summed E-state index contributed by atoms with van der Waals surface area (Å²) in [6.45, 7) is 4.28. The molecule has 16 heteroatoms. The third-order valence-electron chi connectivity index (χ3n) is 8.64. The van der Waals surface area contributed by atoms with Crippen LogP contribution in [0.15, 0.2) is 91.0 Å². The quantitative estimate of drug-likeness (QED) is 0.180. The molecule has 3 aromatic carbocycles. The predicted octanol–water partition coefficient (Wildman–Crippen LogP) is 3.59. The molecule has 2 aliphatic heterocycles. The molecule has 0 unspecified atom stereocenters. The van der Waals surface area contributed by atoms with Crippen molar-refractivity contribution in [2.24, 2.45) is 0 Å². The number of hydrogen-bond donors (Lipinski definition) is 0. The van der Waals surface area contributed by atoms with Gasteiger partial charge in [0.1, 0.15) is 18.8 Å². The number of carbonyl (C=O) groups excluding carboxylic acids is 6. The van der Waals surface area contributed by atoms with Crippen molar-refractivity contribution in [3.8, 4) is 0 Å². The maximum absolute atomic E-state index is 13.8. The monoisotopic (exact) mass is 778 g/mol. The Balaban J connectivity index is 1.59. The van der Waals surface area contributed by atoms with Crippen LogP contribution in [0.5, 0.6) is 0 Å². The van der Waals surface area contributed by atoms with Crippen molar-refractivity contribution in [3.05, 3.63) is 108 Å². The summed E-state index contributed by atoms with van der Waals surface area (Å²) in [5.41, 5.74) is 0.476. The smallest absolute Gasteiger partial charge is 0.338 e. The predicted molar refractivity (Wildman–Crippen MR) is 190 cm³/mol. The van der Waals surface area contributed by atoms with Gasteiger partial charge in [-0.2, -0.15) is 0 Å². The standard InChI is InChI=1S/C40H42O16/c1-22-30(50-23(2)41)32(51-24(3)42)35(52-25(4)43)40(49-22)56-31-29(21-48-36(44)26-15-9-6-10-16-26)53-39(47-5)34(55-38(46)28-19-13-8-14-20-28)33(31)54-37(45)27-17-11-7-12-18-27/h6-20,22,29-35,39-40H,21H2,1-5H3/t22-,29+,30-,31+,32+,33-,34+,35+,39-,40-/m0/s1. The summed E-state index contributed by atoms with van der Waals surface area (Å²) in [6, 6.07) is 24.0.